The summed E-state index contributed by atoms with van der Waals surface area (Å²) in [5.41, 5.74) is 13.3. The maximum Gasteiger partial charge on any atom is 0.431 e. The minimum absolute atomic E-state index is 0.0231. The van der Waals surface area contributed by atoms with Crippen molar-refractivity contribution in [3.8, 4) is 0 Å². The Morgan fingerprint density at radius 3 is 3.00 bits per heavy atom. The molecule has 7 nitrogen and oxygen atoms in total. The van der Waals surface area contributed by atoms with Gasteiger partial charge in [-0.05, 0) is 4.81 Å². The maximum absolute atomic E-state index is 6.87. The molecule has 49 valence electrons. The topological polar surface area (TPSA) is 102 Å². The summed E-state index contributed by atoms with van der Waals surface area (Å²) in [6, 6.07) is 0. The van der Waals surface area contributed by atoms with E-state index in [0.29, 0.717) is 4.81 Å². The number of rotatable bonds is 2. The number of nitrogens with one attached hydrogen (secondary N) is 2. The van der Waals surface area contributed by atoms with Crippen LogP contribution < -0.4 is 0 Å². The Bertz CT molecular complexity index is 240. The van der Waals surface area contributed by atoms with Crippen molar-refractivity contribution >= 4 is 5.95 Å². The summed E-state index contributed by atoms with van der Waals surface area (Å²) in [5, 5.41) is 2.74. The predicted octanol–water partition coefficient (Wildman–Crippen LogP) is 0.293. The number of nitrogens with zero attached hydrogens (tertiary/aromatic N) is 5. The van der Waals surface area contributed by atoms with Gasteiger partial charge in [0.1, 0.15) is 0 Å². The SMILES string of the molecule is N=N[N+](=N)c1n[c]ncn1. The van der Waals surface area contributed by atoms with Crippen LogP contribution in [0.1, 0.15) is 0 Å². The summed E-state index contributed by atoms with van der Waals surface area (Å²) < 4.78 is 0. The summed E-state index contributed by atoms with van der Waals surface area (Å²) >= 11 is 0. The van der Waals surface area contributed by atoms with Crippen LogP contribution in [-0.2, 0) is 0 Å². The zero-order valence-electron chi connectivity index (χ0n) is 4.81. The van der Waals surface area contributed by atoms with Crippen molar-refractivity contribution in [2.75, 3.05) is 0 Å². The summed E-state index contributed by atoms with van der Waals surface area (Å²) in [7, 11) is 0. The van der Waals surface area contributed by atoms with Crippen molar-refractivity contribution in [2.45, 2.75) is 0 Å². The first kappa shape index (κ1) is 6.33. The van der Waals surface area contributed by atoms with E-state index >= 15 is 0 Å². The van der Waals surface area contributed by atoms with Crippen molar-refractivity contribution in [2.24, 2.45) is 5.22 Å². The van der Waals surface area contributed by atoms with E-state index in [9.17, 15) is 0 Å². The molecule has 0 aromatic carbocycles. The standard InChI is InChI=1S/C3H3N7/c4-9-10(5)3-7-1-6-2-8-3/h1,4-5H/q+1. The Morgan fingerprint density at radius 1 is 1.70 bits per heavy atom. The molecule has 0 unspecified atom stereocenters. The largest absolute Gasteiger partial charge is 0.431 e. The maximum atomic E-state index is 6.87. The average Bonchev–Trinajstić information content (AvgIpc) is 2.05. The molecule has 0 amide bonds. The normalized spacial score (nSPS) is 8.80. The second-order valence-corrected chi connectivity index (χ2v) is 1.30. The second kappa shape index (κ2) is 2.67. The van der Waals surface area contributed by atoms with E-state index in [4.69, 9.17) is 11.1 Å². The minimum Gasteiger partial charge on any atom is -0.188 e. The van der Waals surface area contributed by atoms with Crippen LogP contribution in [0.2, 0.25) is 0 Å². The van der Waals surface area contributed by atoms with Crippen LogP contribution >= 0.6 is 0 Å². The lowest BCUT2D eigenvalue weighted by atomic mass is 11.0. The first-order valence-corrected chi connectivity index (χ1v) is 2.28. The lowest BCUT2D eigenvalue weighted by Gasteiger charge is -1.82. The fraction of sp³-hybridized carbons (Fsp3) is 0. The molecule has 1 heterocycles. The molecular weight excluding hydrogens is 134 g/mol. The van der Waals surface area contributed by atoms with Gasteiger partial charge in [-0.25, -0.2) is 0 Å². The van der Waals surface area contributed by atoms with E-state index in [1.165, 1.54) is 6.33 Å². The molecule has 0 saturated carbocycles. The fourth-order valence-electron chi connectivity index (χ4n) is 0.356. The van der Waals surface area contributed by atoms with Gasteiger partial charge in [0.15, 0.2) is 6.33 Å². The Morgan fingerprint density at radius 2 is 2.50 bits per heavy atom. The summed E-state index contributed by atoms with van der Waals surface area (Å²) in [4.78, 5) is 10.8. The zero-order valence-corrected chi connectivity index (χ0v) is 4.81. The van der Waals surface area contributed by atoms with E-state index in [-0.39, 0.29) is 5.95 Å². The van der Waals surface area contributed by atoms with E-state index in [1.54, 1.807) is 0 Å². The third kappa shape index (κ3) is 1.13. The molecule has 10 heavy (non-hydrogen) atoms. The molecule has 1 aromatic rings. The van der Waals surface area contributed by atoms with Gasteiger partial charge in [-0.1, -0.05) is 15.5 Å². The monoisotopic (exact) mass is 137 g/mol. The minimum atomic E-state index is -0.0231. The fourth-order valence-corrected chi connectivity index (χ4v) is 0.356. The zero-order chi connectivity index (χ0) is 7.40. The molecule has 2 N–H and O–H groups in total. The lowest BCUT2D eigenvalue weighted by Crippen LogP contribution is -1.95. The highest BCUT2D eigenvalue weighted by atomic mass is 15.6. The first-order chi connectivity index (χ1) is 4.84. The van der Waals surface area contributed by atoms with Crippen LogP contribution in [0.25, 0.3) is 0 Å². The molecule has 0 bridgehead atoms. The van der Waals surface area contributed by atoms with Gasteiger partial charge in [-0.3, -0.25) is 0 Å². The molecule has 0 spiro atoms. The number of hydrogen-bond donors (Lipinski definition) is 2. The van der Waals surface area contributed by atoms with Crippen LogP contribution in [0.3, 0.4) is 0 Å². The molecule has 0 atom stereocenters. The van der Waals surface area contributed by atoms with Gasteiger partial charge in [0.25, 0.3) is 6.33 Å². The van der Waals surface area contributed by atoms with Crippen LogP contribution in [-0.4, -0.2) is 19.8 Å². The van der Waals surface area contributed by atoms with Gasteiger partial charge >= 0.3 is 5.95 Å². The highest BCUT2D eigenvalue weighted by Gasteiger charge is 2.06. The molecule has 7 heteroatoms. The van der Waals surface area contributed by atoms with Gasteiger partial charge in [0.2, 0.25) is 0 Å². The van der Waals surface area contributed by atoms with Crippen LogP contribution in [0, 0.1) is 17.4 Å². The third-order valence-electron chi connectivity index (χ3n) is 0.728. The van der Waals surface area contributed by atoms with Crippen molar-refractivity contribution < 1.29 is 4.81 Å². The van der Waals surface area contributed by atoms with Gasteiger partial charge in [-0.15, -0.1) is 0 Å². The molecule has 0 saturated heterocycles. The molecular formula is C3H3N7+. The average molecular weight is 137 g/mol. The summed E-state index contributed by atoms with van der Waals surface area (Å²) in [6.45, 7) is 0. The van der Waals surface area contributed by atoms with Gasteiger partial charge < -0.3 is 0 Å². The lowest BCUT2D eigenvalue weighted by molar-refractivity contribution is -0.559. The van der Waals surface area contributed by atoms with Crippen molar-refractivity contribution in [1.29, 1.82) is 11.1 Å². The Balaban J connectivity index is 2.95. The highest BCUT2D eigenvalue weighted by molar-refractivity contribution is 4.93. The molecule has 0 aliphatic carbocycles. The molecule has 1 rings (SSSR count). The van der Waals surface area contributed by atoms with Crippen LogP contribution in [0.4, 0.5) is 5.95 Å². The third-order valence-corrected chi connectivity index (χ3v) is 0.728. The molecule has 0 fully saturated rings. The first-order valence-electron chi connectivity index (χ1n) is 2.28. The second-order valence-electron chi connectivity index (χ2n) is 1.30. The van der Waals surface area contributed by atoms with E-state index < -0.39 is 0 Å². The number of aromatic nitrogens is 3. The van der Waals surface area contributed by atoms with E-state index in [1.807, 2.05) is 0 Å². The van der Waals surface area contributed by atoms with Crippen molar-refractivity contribution in [3.63, 3.8) is 0 Å². The quantitative estimate of drug-likeness (QED) is 0.348. The van der Waals surface area contributed by atoms with Crippen LogP contribution in [0.5, 0.6) is 0 Å². The van der Waals surface area contributed by atoms with Crippen molar-refractivity contribution in [1.82, 2.24) is 15.0 Å². The van der Waals surface area contributed by atoms with E-state index in [2.05, 4.69) is 26.5 Å². The van der Waals surface area contributed by atoms with Gasteiger partial charge in [-0.2, -0.15) is 10.5 Å². The smallest absolute Gasteiger partial charge is 0.188 e. The Labute approximate surface area is 55.7 Å². The molecule has 1 aromatic heterocycles. The Kier molecular flexibility index (Phi) is 1.69. The Hall–Kier alpha value is -1.79. The van der Waals surface area contributed by atoms with Gasteiger partial charge in [0.05, 0.1) is 5.22 Å². The molecule has 0 aliphatic heterocycles. The highest BCUT2D eigenvalue weighted by Crippen LogP contribution is 1.96. The van der Waals surface area contributed by atoms with Gasteiger partial charge in [0, 0.05) is 0 Å². The molecule has 1 radical (unpaired) electrons. The molecule has 0 aliphatic rings. The van der Waals surface area contributed by atoms with E-state index in [0.717, 1.165) is 0 Å². The number of hydrogen-bond acceptors (Lipinski definition) is 5. The summed E-state index contributed by atoms with van der Waals surface area (Å²) in [6.07, 6.45) is 3.38. The summed E-state index contributed by atoms with van der Waals surface area (Å²) in [5.74, 6) is -0.0231. The van der Waals surface area contributed by atoms with Crippen LogP contribution in [0.15, 0.2) is 11.6 Å². The predicted molar refractivity (Wildman–Crippen MR) is 26.5 cm³/mol. The van der Waals surface area contributed by atoms with Crippen molar-refractivity contribution in [3.05, 3.63) is 12.7 Å².